The van der Waals surface area contributed by atoms with Crippen molar-refractivity contribution in [1.82, 2.24) is 4.98 Å². The minimum absolute atomic E-state index is 0.331. The van der Waals surface area contributed by atoms with E-state index in [1.54, 1.807) is 11.8 Å². The van der Waals surface area contributed by atoms with Gasteiger partial charge in [0, 0.05) is 5.75 Å². The van der Waals surface area contributed by atoms with Crippen molar-refractivity contribution in [3.63, 3.8) is 0 Å². The van der Waals surface area contributed by atoms with E-state index < -0.39 is 0 Å². The summed E-state index contributed by atoms with van der Waals surface area (Å²) in [6.45, 7) is 4.37. The summed E-state index contributed by atoms with van der Waals surface area (Å²) in [5.74, 6) is 1.73. The first-order valence-electron chi connectivity index (χ1n) is 4.37. The molecular formula is C9H12ClNOS2. The Morgan fingerprint density at radius 1 is 1.64 bits per heavy atom. The first-order chi connectivity index (χ1) is 6.63. The van der Waals surface area contributed by atoms with Crippen LogP contribution in [0.3, 0.4) is 0 Å². The number of hydrogen-bond acceptors (Lipinski definition) is 4. The van der Waals surface area contributed by atoms with E-state index in [-0.39, 0.29) is 0 Å². The summed E-state index contributed by atoms with van der Waals surface area (Å²) in [6.07, 6.45) is 1.91. The largest absolute Gasteiger partial charge is 0.297 e. The first-order valence-corrected chi connectivity index (χ1v) is 6.55. The summed E-state index contributed by atoms with van der Waals surface area (Å²) in [4.78, 5) is 15.1. The van der Waals surface area contributed by atoms with Gasteiger partial charge in [0.2, 0.25) is 0 Å². The normalized spacial score (nSPS) is 10.9. The average Bonchev–Trinajstić information content (AvgIpc) is 2.45. The molecule has 0 atom stereocenters. The Morgan fingerprint density at radius 2 is 2.36 bits per heavy atom. The second-order valence-corrected chi connectivity index (χ2v) is 6.01. The summed E-state index contributed by atoms with van der Waals surface area (Å²) in [5, 5.41) is 0.331. The third-order valence-corrected chi connectivity index (χ3v) is 4.17. The van der Waals surface area contributed by atoms with Crippen molar-refractivity contribution in [1.29, 1.82) is 0 Å². The number of aldehydes is 1. The van der Waals surface area contributed by atoms with Crippen LogP contribution in [0.15, 0.2) is 4.34 Å². The maximum Gasteiger partial charge on any atom is 0.163 e. The van der Waals surface area contributed by atoms with Gasteiger partial charge in [-0.3, -0.25) is 4.79 Å². The summed E-state index contributed by atoms with van der Waals surface area (Å²) in [7, 11) is 0. The molecule has 1 heterocycles. The van der Waals surface area contributed by atoms with Crippen LogP contribution in [0, 0.1) is 5.92 Å². The van der Waals surface area contributed by atoms with Crippen molar-refractivity contribution in [3.8, 4) is 0 Å². The number of aromatic nitrogens is 1. The highest BCUT2D eigenvalue weighted by Gasteiger charge is 2.08. The van der Waals surface area contributed by atoms with E-state index in [2.05, 4.69) is 18.8 Å². The minimum atomic E-state index is 0.331. The van der Waals surface area contributed by atoms with Crippen LogP contribution in [0.1, 0.15) is 29.9 Å². The molecule has 1 rings (SSSR count). The smallest absolute Gasteiger partial charge is 0.163 e. The number of halogens is 1. The van der Waals surface area contributed by atoms with Crippen LogP contribution in [-0.4, -0.2) is 17.0 Å². The molecule has 0 radical (unpaired) electrons. The number of carbonyl (C=O) groups excluding carboxylic acids is 1. The topological polar surface area (TPSA) is 30.0 Å². The Hall–Kier alpha value is -0.0600. The molecule has 1 aromatic rings. The van der Waals surface area contributed by atoms with Gasteiger partial charge in [-0.05, 0) is 12.3 Å². The second-order valence-electron chi connectivity index (χ2n) is 3.28. The molecular weight excluding hydrogens is 238 g/mol. The van der Waals surface area contributed by atoms with Gasteiger partial charge < -0.3 is 0 Å². The summed E-state index contributed by atoms with van der Waals surface area (Å²) in [6, 6.07) is 0. The fraction of sp³-hybridized carbons (Fsp3) is 0.556. The van der Waals surface area contributed by atoms with Gasteiger partial charge in [0.05, 0.1) is 0 Å². The zero-order valence-corrected chi connectivity index (χ0v) is 10.5. The highest BCUT2D eigenvalue weighted by molar-refractivity contribution is 8.01. The Labute approximate surface area is 97.1 Å². The highest BCUT2D eigenvalue weighted by atomic mass is 35.5. The quantitative estimate of drug-likeness (QED) is 0.588. The monoisotopic (exact) mass is 249 g/mol. The van der Waals surface area contributed by atoms with Gasteiger partial charge in [0.15, 0.2) is 15.8 Å². The van der Waals surface area contributed by atoms with Crippen LogP contribution in [0.25, 0.3) is 0 Å². The van der Waals surface area contributed by atoms with E-state index in [9.17, 15) is 4.79 Å². The van der Waals surface area contributed by atoms with Crippen LogP contribution in [-0.2, 0) is 0 Å². The molecule has 0 spiro atoms. The minimum Gasteiger partial charge on any atom is -0.297 e. The molecule has 0 aliphatic carbocycles. The SMILES string of the molecule is CC(C)CCSc1nc(Cl)c(C=O)s1. The molecule has 0 aromatic carbocycles. The lowest BCUT2D eigenvalue weighted by molar-refractivity contribution is 0.112. The molecule has 0 amide bonds. The maximum atomic E-state index is 10.5. The molecule has 0 saturated carbocycles. The Morgan fingerprint density at radius 3 is 2.86 bits per heavy atom. The Kier molecular flexibility index (Phi) is 4.92. The van der Waals surface area contributed by atoms with Crippen LogP contribution < -0.4 is 0 Å². The number of nitrogens with zero attached hydrogens (tertiary/aromatic N) is 1. The predicted octanol–water partition coefficient (Wildman–Crippen LogP) is 3.75. The molecule has 2 nitrogen and oxygen atoms in total. The lowest BCUT2D eigenvalue weighted by atomic mass is 10.2. The lowest BCUT2D eigenvalue weighted by Crippen LogP contribution is -1.88. The van der Waals surface area contributed by atoms with Crippen LogP contribution >= 0.6 is 34.7 Å². The van der Waals surface area contributed by atoms with Gasteiger partial charge in [0.25, 0.3) is 0 Å². The van der Waals surface area contributed by atoms with Crippen molar-refractivity contribution in [2.45, 2.75) is 24.6 Å². The van der Waals surface area contributed by atoms with Gasteiger partial charge >= 0.3 is 0 Å². The number of hydrogen-bond donors (Lipinski definition) is 0. The van der Waals surface area contributed by atoms with Gasteiger partial charge in [-0.2, -0.15) is 0 Å². The standard InChI is InChI=1S/C9H12ClNOS2/c1-6(2)3-4-13-9-11-8(10)7(5-12)14-9/h5-6H,3-4H2,1-2H3. The van der Waals surface area contributed by atoms with Crippen molar-refractivity contribution < 1.29 is 4.79 Å². The highest BCUT2D eigenvalue weighted by Crippen LogP contribution is 2.29. The van der Waals surface area contributed by atoms with E-state index in [0.29, 0.717) is 15.9 Å². The third kappa shape index (κ3) is 3.59. The molecule has 5 heteroatoms. The third-order valence-electron chi connectivity index (χ3n) is 1.62. The van der Waals surface area contributed by atoms with E-state index >= 15 is 0 Å². The molecule has 0 saturated heterocycles. The van der Waals surface area contributed by atoms with Gasteiger partial charge in [0.1, 0.15) is 4.88 Å². The fourth-order valence-electron chi connectivity index (χ4n) is 0.811. The summed E-state index contributed by atoms with van der Waals surface area (Å²) < 4.78 is 0.887. The predicted molar refractivity (Wildman–Crippen MR) is 62.7 cm³/mol. The van der Waals surface area contributed by atoms with Crippen LogP contribution in [0.5, 0.6) is 0 Å². The number of thioether (sulfide) groups is 1. The van der Waals surface area contributed by atoms with E-state index in [1.165, 1.54) is 11.3 Å². The molecule has 1 aromatic heterocycles. The van der Waals surface area contributed by atoms with Crippen LogP contribution in [0.2, 0.25) is 5.15 Å². The molecule has 0 bridgehead atoms. The maximum absolute atomic E-state index is 10.5. The lowest BCUT2D eigenvalue weighted by Gasteiger charge is -2.00. The Balaban J connectivity index is 2.47. The zero-order valence-electron chi connectivity index (χ0n) is 8.12. The zero-order chi connectivity index (χ0) is 10.6. The fourth-order valence-corrected chi connectivity index (χ4v) is 3.33. The molecule has 0 fully saturated rings. The Bertz CT molecular complexity index is 312. The summed E-state index contributed by atoms with van der Waals surface area (Å²) in [5.41, 5.74) is 0. The van der Waals surface area contributed by atoms with Crippen molar-refractivity contribution in [2.24, 2.45) is 5.92 Å². The number of thiazole rings is 1. The number of rotatable bonds is 5. The van der Waals surface area contributed by atoms with Gasteiger partial charge in [-0.1, -0.05) is 37.2 Å². The average molecular weight is 250 g/mol. The first kappa shape index (κ1) is 12.0. The number of carbonyl (C=O) groups is 1. The second kappa shape index (κ2) is 5.73. The van der Waals surface area contributed by atoms with E-state index in [4.69, 9.17) is 11.6 Å². The summed E-state index contributed by atoms with van der Waals surface area (Å²) >= 11 is 8.77. The van der Waals surface area contributed by atoms with E-state index in [0.717, 1.165) is 22.8 Å². The van der Waals surface area contributed by atoms with Gasteiger partial charge in [-0.25, -0.2) is 4.98 Å². The molecule has 14 heavy (non-hydrogen) atoms. The molecule has 0 aliphatic heterocycles. The van der Waals surface area contributed by atoms with Gasteiger partial charge in [-0.15, -0.1) is 11.3 Å². The molecule has 0 unspecified atom stereocenters. The van der Waals surface area contributed by atoms with Crippen molar-refractivity contribution in [3.05, 3.63) is 10.0 Å². The molecule has 78 valence electrons. The van der Waals surface area contributed by atoms with Crippen molar-refractivity contribution in [2.75, 3.05) is 5.75 Å². The molecule has 0 aliphatic rings. The molecule has 0 N–H and O–H groups in total. The van der Waals surface area contributed by atoms with Crippen LogP contribution in [0.4, 0.5) is 0 Å². The van der Waals surface area contributed by atoms with Crippen molar-refractivity contribution >= 4 is 41.0 Å². The van der Waals surface area contributed by atoms with E-state index in [1.807, 2.05) is 0 Å².